The van der Waals surface area contributed by atoms with Crippen molar-refractivity contribution < 1.29 is 4.39 Å². The third kappa shape index (κ3) is 3.61. The number of alkyl halides is 1. The largest absolute Gasteiger partial charge is 0.357 e. The van der Waals surface area contributed by atoms with E-state index >= 15 is 0 Å². The second kappa shape index (κ2) is 7.60. The second-order valence-electron chi connectivity index (χ2n) is 10.6. The van der Waals surface area contributed by atoms with Crippen molar-refractivity contribution in [2.45, 2.75) is 44.6 Å². The van der Waals surface area contributed by atoms with Crippen LogP contribution in [0.4, 0.5) is 4.39 Å². The molecule has 0 saturated heterocycles. The van der Waals surface area contributed by atoms with Gasteiger partial charge in [0.1, 0.15) is 11.4 Å². The van der Waals surface area contributed by atoms with Gasteiger partial charge in [0.05, 0.1) is 34.0 Å². The molecule has 3 N–H and O–H groups in total. The standard InChI is InChI=1S/C26H28FN7Si/c1-35-19-6-20(21-9-29-31-23(21)7-19)24-11-34(33-32-24)10-16-2-3-17-5-18(30-22(17)4-16)8-28-15-25-12-26(27,13-25)14-25/h2-7,9,11,28,30H,8,10,12-15,35H2,1H3,(H,29,31). The first kappa shape index (κ1) is 21.0. The highest BCUT2D eigenvalue weighted by Crippen LogP contribution is 2.69. The minimum atomic E-state index is -0.823. The van der Waals surface area contributed by atoms with Crippen LogP contribution in [0.1, 0.15) is 30.5 Å². The Morgan fingerprint density at radius 2 is 2.03 bits per heavy atom. The van der Waals surface area contributed by atoms with Crippen LogP contribution >= 0.6 is 0 Å². The summed E-state index contributed by atoms with van der Waals surface area (Å²) in [5, 5.41) is 23.4. The SMILES string of the molecule is C[SiH2]c1cc(-c2cn(Cc3ccc4cc(CNCC56CC(F)(C5)C6)[nH]c4c3)nn2)c2cn[nH]c2c1. The van der Waals surface area contributed by atoms with Gasteiger partial charge < -0.3 is 10.3 Å². The van der Waals surface area contributed by atoms with Gasteiger partial charge in [-0.2, -0.15) is 5.10 Å². The van der Waals surface area contributed by atoms with Crippen LogP contribution in [-0.4, -0.2) is 51.9 Å². The fraction of sp³-hybridized carbons (Fsp3) is 0.346. The molecule has 9 heteroatoms. The van der Waals surface area contributed by atoms with Crippen molar-refractivity contribution in [1.82, 2.24) is 35.5 Å². The van der Waals surface area contributed by atoms with Crippen LogP contribution in [0.2, 0.25) is 6.55 Å². The second-order valence-corrected chi connectivity index (χ2v) is 12.2. The number of halogens is 1. The van der Waals surface area contributed by atoms with E-state index in [-0.39, 0.29) is 14.9 Å². The maximum atomic E-state index is 13.7. The number of benzene rings is 2. The highest BCUT2D eigenvalue weighted by Gasteiger charge is 2.68. The number of aromatic amines is 2. The Morgan fingerprint density at radius 3 is 2.86 bits per heavy atom. The summed E-state index contributed by atoms with van der Waals surface area (Å²) in [6.45, 7) is 4.62. The molecule has 0 aliphatic heterocycles. The topological polar surface area (TPSA) is 87.2 Å². The predicted octanol–water partition coefficient (Wildman–Crippen LogP) is 3.18. The average molecular weight is 486 g/mol. The smallest absolute Gasteiger partial charge is 0.113 e. The van der Waals surface area contributed by atoms with E-state index in [9.17, 15) is 4.39 Å². The molecule has 0 spiro atoms. The lowest BCUT2D eigenvalue weighted by Gasteiger charge is -2.66. The van der Waals surface area contributed by atoms with E-state index in [1.54, 1.807) is 0 Å². The van der Waals surface area contributed by atoms with E-state index in [4.69, 9.17) is 0 Å². The molecule has 178 valence electrons. The third-order valence-electron chi connectivity index (χ3n) is 7.82. The van der Waals surface area contributed by atoms with Gasteiger partial charge >= 0.3 is 0 Å². The van der Waals surface area contributed by atoms with E-state index in [1.807, 2.05) is 17.1 Å². The van der Waals surface area contributed by atoms with Crippen molar-refractivity contribution in [2.75, 3.05) is 6.54 Å². The van der Waals surface area contributed by atoms with E-state index in [0.717, 1.165) is 65.7 Å². The van der Waals surface area contributed by atoms with E-state index in [0.29, 0.717) is 6.54 Å². The van der Waals surface area contributed by atoms with Crippen LogP contribution in [0.15, 0.2) is 48.8 Å². The van der Waals surface area contributed by atoms with E-state index in [2.05, 4.69) is 73.8 Å². The summed E-state index contributed by atoms with van der Waals surface area (Å²) in [6.07, 6.45) is 6.11. The Hall–Kier alpha value is -3.30. The fourth-order valence-electron chi connectivity index (χ4n) is 6.15. The number of H-pyrrole nitrogens is 2. The molecular weight excluding hydrogens is 457 g/mol. The molecule has 35 heavy (non-hydrogen) atoms. The molecule has 0 radical (unpaired) electrons. The highest BCUT2D eigenvalue weighted by molar-refractivity contribution is 6.52. The van der Waals surface area contributed by atoms with Gasteiger partial charge in [0, 0.05) is 35.2 Å². The quantitative estimate of drug-likeness (QED) is 0.295. The van der Waals surface area contributed by atoms with Gasteiger partial charge in [-0.25, -0.2) is 9.07 Å². The van der Waals surface area contributed by atoms with Crippen molar-refractivity contribution in [3.05, 3.63) is 60.0 Å². The lowest BCUT2D eigenvalue weighted by molar-refractivity contribution is -0.209. The molecule has 0 amide bonds. The van der Waals surface area contributed by atoms with Crippen molar-refractivity contribution >= 4 is 36.5 Å². The summed E-state index contributed by atoms with van der Waals surface area (Å²) < 4.78 is 15.6. The molecule has 3 aliphatic rings. The average Bonchev–Trinajstić information content (AvgIpc) is 3.55. The van der Waals surface area contributed by atoms with Crippen molar-refractivity contribution in [1.29, 1.82) is 0 Å². The molecule has 5 aromatic rings. The van der Waals surface area contributed by atoms with Crippen LogP contribution in [-0.2, 0) is 13.1 Å². The van der Waals surface area contributed by atoms with Gasteiger partial charge in [0.15, 0.2) is 0 Å². The molecule has 7 nitrogen and oxygen atoms in total. The van der Waals surface area contributed by atoms with Gasteiger partial charge in [0.2, 0.25) is 0 Å². The monoisotopic (exact) mass is 485 g/mol. The minimum Gasteiger partial charge on any atom is -0.357 e. The molecule has 2 bridgehead atoms. The molecule has 3 fully saturated rings. The lowest BCUT2D eigenvalue weighted by atomic mass is 9.42. The third-order valence-corrected chi connectivity index (χ3v) is 9.04. The zero-order chi connectivity index (χ0) is 23.6. The highest BCUT2D eigenvalue weighted by atomic mass is 28.2. The summed E-state index contributed by atoms with van der Waals surface area (Å²) in [5.74, 6) is 0. The summed E-state index contributed by atoms with van der Waals surface area (Å²) >= 11 is 0. The molecule has 2 aromatic carbocycles. The number of hydrogen-bond donors (Lipinski definition) is 3. The molecule has 0 atom stereocenters. The fourth-order valence-corrected chi connectivity index (χ4v) is 6.97. The number of nitrogens with zero attached hydrogens (tertiary/aromatic N) is 4. The summed E-state index contributed by atoms with van der Waals surface area (Å²) in [6, 6.07) is 13.1. The maximum Gasteiger partial charge on any atom is 0.113 e. The van der Waals surface area contributed by atoms with Crippen LogP contribution in [0.5, 0.6) is 0 Å². The lowest BCUT2D eigenvalue weighted by Crippen LogP contribution is -2.67. The van der Waals surface area contributed by atoms with E-state index < -0.39 is 5.67 Å². The molecule has 3 aliphatic carbocycles. The van der Waals surface area contributed by atoms with Crippen molar-refractivity contribution in [3.8, 4) is 11.3 Å². The molecule has 0 unspecified atom stereocenters. The summed E-state index contributed by atoms with van der Waals surface area (Å²) in [4.78, 5) is 3.54. The Kier molecular flexibility index (Phi) is 4.56. The molecule has 3 aromatic heterocycles. The Labute approximate surface area is 204 Å². The first-order chi connectivity index (χ1) is 17.0. The van der Waals surface area contributed by atoms with Gasteiger partial charge in [-0.05, 0) is 53.8 Å². The zero-order valence-electron chi connectivity index (χ0n) is 19.7. The summed E-state index contributed by atoms with van der Waals surface area (Å²) in [7, 11) is -0.298. The van der Waals surface area contributed by atoms with Crippen LogP contribution in [0, 0.1) is 5.41 Å². The van der Waals surface area contributed by atoms with Gasteiger partial charge in [-0.3, -0.25) is 5.10 Å². The van der Waals surface area contributed by atoms with Crippen LogP contribution < -0.4 is 10.5 Å². The number of aromatic nitrogens is 6. The summed E-state index contributed by atoms with van der Waals surface area (Å²) in [5.41, 5.74) is 5.87. The number of nitrogens with one attached hydrogen (secondary N) is 3. The van der Waals surface area contributed by atoms with Gasteiger partial charge in [-0.15, -0.1) is 5.10 Å². The Bertz CT molecular complexity index is 1540. The van der Waals surface area contributed by atoms with E-state index in [1.165, 1.54) is 16.1 Å². The zero-order valence-corrected chi connectivity index (χ0v) is 21.1. The minimum absolute atomic E-state index is 0.230. The van der Waals surface area contributed by atoms with Crippen molar-refractivity contribution in [2.24, 2.45) is 5.41 Å². The molecule has 3 saturated carbocycles. The maximum absolute atomic E-state index is 13.7. The first-order valence-electron chi connectivity index (χ1n) is 12.4. The number of hydrogen-bond acceptors (Lipinski definition) is 4. The Morgan fingerprint density at radius 1 is 1.14 bits per heavy atom. The van der Waals surface area contributed by atoms with Crippen LogP contribution in [0.25, 0.3) is 33.1 Å². The van der Waals surface area contributed by atoms with Gasteiger partial charge in [-0.1, -0.05) is 35.1 Å². The Balaban J connectivity index is 1.06. The van der Waals surface area contributed by atoms with Crippen LogP contribution in [0.3, 0.4) is 0 Å². The predicted molar refractivity (Wildman–Crippen MR) is 138 cm³/mol. The van der Waals surface area contributed by atoms with Gasteiger partial charge in [0.25, 0.3) is 0 Å². The molecule has 3 heterocycles. The first-order valence-corrected chi connectivity index (χ1v) is 14.5. The number of rotatable bonds is 8. The molecular formula is C26H28FN7Si. The molecule has 8 rings (SSSR count). The normalized spacial score (nSPS) is 23.4. The van der Waals surface area contributed by atoms with Crippen molar-refractivity contribution in [3.63, 3.8) is 0 Å². The number of fused-ring (bicyclic) bond motifs is 2.